The fraction of sp³-hybridized carbons (Fsp3) is 0.556. The molecule has 0 bridgehead atoms. The van der Waals surface area contributed by atoms with Gasteiger partial charge in [-0.25, -0.2) is 0 Å². The first-order valence-electron chi connectivity index (χ1n) is 4.22. The van der Waals surface area contributed by atoms with E-state index < -0.39 is 0 Å². The molecule has 0 aliphatic heterocycles. The van der Waals surface area contributed by atoms with E-state index in [9.17, 15) is 4.79 Å². The topological polar surface area (TPSA) is 39.2 Å². The predicted molar refractivity (Wildman–Crippen MR) is 53.8 cm³/mol. The zero-order valence-electron chi connectivity index (χ0n) is 8.24. The van der Waals surface area contributed by atoms with E-state index in [1.807, 2.05) is 12.3 Å². The number of aromatic nitrogens is 1. The second-order valence-corrected chi connectivity index (χ2v) is 3.31. The Bertz CT molecular complexity index is 222. The molecule has 0 unspecified atom stereocenters. The summed E-state index contributed by atoms with van der Waals surface area (Å²) in [5.41, 5.74) is 0. The third kappa shape index (κ3) is 7.46. The van der Waals surface area contributed by atoms with E-state index in [0.717, 1.165) is 5.01 Å². The molecule has 0 aromatic carbocycles. The summed E-state index contributed by atoms with van der Waals surface area (Å²) >= 11 is 1.67. The monoisotopic (exact) mass is 201 g/mol. The average molecular weight is 201 g/mol. The van der Waals surface area contributed by atoms with E-state index in [-0.39, 0.29) is 5.97 Å². The third-order valence-corrected chi connectivity index (χ3v) is 1.85. The van der Waals surface area contributed by atoms with Gasteiger partial charge in [-0.3, -0.25) is 9.78 Å². The molecule has 4 heteroatoms. The molecule has 13 heavy (non-hydrogen) atoms. The van der Waals surface area contributed by atoms with Crippen LogP contribution in [-0.4, -0.2) is 17.6 Å². The maximum absolute atomic E-state index is 10.2. The van der Waals surface area contributed by atoms with Crippen molar-refractivity contribution in [3.8, 4) is 0 Å². The molecule has 1 heterocycles. The average Bonchev–Trinajstić information content (AvgIpc) is 2.57. The highest BCUT2D eigenvalue weighted by Crippen LogP contribution is 1.98. The lowest BCUT2D eigenvalue weighted by atomic mass is 10.5. The molecule has 0 spiro atoms. The Balaban J connectivity index is 0.000000223. The van der Waals surface area contributed by atoms with Crippen LogP contribution in [0.4, 0.5) is 0 Å². The van der Waals surface area contributed by atoms with Crippen LogP contribution in [0.2, 0.25) is 0 Å². The van der Waals surface area contributed by atoms with Crippen molar-refractivity contribution in [3.63, 3.8) is 0 Å². The summed E-state index contributed by atoms with van der Waals surface area (Å²) in [5.74, 6) is -0.123. The molecule has 0 aliphatic carbocycles. The van der Waals surface area contributed by atoms with Crippen LogP contribution in [0.15, 0.2) is 11.6 Å². The van der Waals surface area contributed by atoms with E-state index in [0.29, 0.717) is 13.0 Å². The molecule has 0 radical (unpaired) electrons. The minimum Gasteiger partial charge on any atom is -0.466 e. The second kappa shape index (κ2) is 7.73. The molecule has 0 aliphatic rings. The van der Waals surface area contributed by atoms with Crippen molar-refractivity contribution < 1.29 is 9.53 Å². The predicted octanol–water partition coefficient (Wildman–Crippen LogP) is 2.41. The SMILES string of the molecule is CCOC(=O)CC.Cc1nccs1. The van der Waals surface area contributed by atoms with Crippen LogP contribution in [0.1, 0.15) is 25.3 Å². The van der Waals surface area contributed by atoms with Crippen molar-refractivity contribution >= 4 is 17.3 Å². The Hall–Kier alpha value is -0.900. The maximum atomic E-state index is 10.2. The molecule has 1 rings (SSSR count). The van der Waals surface area contributed by atoms with Gasteiger partial charge in [0.15, 0.2) is 0 Å². The van der Waals surface area contributed by atoms with Gasteiger partial charge in [0.05, 0.1) is 11.6 Å². The summed E-state index contributed by atoms with van der Waals surface area (Å²) < 4.78 is 4.55. The molecule has 0 fully saturated rings. The number of hydrogen-bond acceptors (Lipinski definition) is 4. The first-order chi connectivity index (χ1) is 6.20. The van der Waals surface area contributed by atoms with Crippen LogP contribution in [0, 0.1) is 6.92 Å². The second-order valence-electron chi connectivity index (χ2n) is 2.21. The lowest BCUT2D eigenvalue weighted by Crippen LogP contribution is -2.00. The Labute approximate surface area is 82.8 Å². The minimum absolute atomic E-state index is 0.123. The summed E-state index contributed by atoms with van der Waals surface area (Å²) in [4.78, 5) is 14.1. The van der Waals surface area contributed by atoms with Crippen LogP contribution < -0.4 is 0 Å². The molecule has 3 nitrogen and oxygen atoms in total. The van der Waals surface area contributed by atoms with Crippen molar-refractivity contribution in [2.45, 2.75) is 27.2 Å². The standard InChI is InChI=1S/C5H10O2.C4H5NS/c1-3-5(6)7-4-2;1-4-5-2-3-6-4/h3-4H2,1-2H3;2-3H,1H3. The summed E-state index contributed by atoms with van der Waals surface area (Å²) in [6.45, 7) is 6.06. The largest absolute Gasteiger partial charge is 0.466 e. The smallest absolute Gasteiger partial charge is 0.305 e. The van der Waals surface area contributed by atoms with Crippen molar-refractivity contribution in [2.24, 2.45) is 0 Å². The number of hydrogen-bond donors (Lipinski definition) is 0. The van der Waals surface area contributed by atoms with Gasteiger partial charge in [0, 0.05) is 18.0 Å². The molecule has 74 valence electrons. The van der Waals surface area contributed by atoms with Gasteiger partial charge < -0.3 is 4.74 Å². The van der Waals surface area contributed by atoms with E-state index in [2.05, 4.69) is 9.72 Å². The van der Waals surface area contributed by atoms with Gasteiger partial charge in [-0.15, -0.1) is 11.3 Å². The van der Waals surface area contributed by atoms with E-state index >= 15 is 0 Å². The number of carbonyl (C=O) groups excluding carboxylic acids is 1. The lowest BCUT2D eigenvalue weighted by molar-refractivity contribution is -0.142. The number of thiazole rings is 1. The fourth-order valence-corrected chi connectivity index (χ4v) is 0.998. The molecule has 1 aromatic heterocycles. The molecular formula is C9H15NO2S. The summed E-state index contributed by atoms with van der Waals surface area (Å²) in [5, 5.41) is 3.10. The maximum Gasteiger partial charge on any atom is 0.305 e. The molecule has 0 atom stereocenters. The Morgan fingerprint density at radius 3 is 2.46 bits per heavy atom. The van der Waals surface area contributed by atoms with Crippen LogP contribution in [0.3, 0.4) is 0 Å². The first kappa shape index (κ1) is 12.1. The van der Waals surface area contributed by atoms with E-state index in [1.54, 1.807) is 31.4 Å². The summed E-state index contributed by atoms with van der Waals surface area (Å²) in [6.07, 6.45) is 2.29. The van der Waals surface area contributed by atoms with Gasteiger partial charge in [0.25, 0.3) is 0 Å². The van der Waals surface area contributed by atoms with Gasteiger partial charge in [-0.05, 0) is 13.8 Å². The van der Waals surface area contributed by atoms with Gasteiger partial charge >= 0.3 is 5.97 Å². The van der Waals surface area contributed by atoms with Gasteiger partial charge in [-0.2, -0.15) is 0 Å². The third-order valence-electron chi connectivity index (χ3n) is 1.15. The Kier molecular flexibility index (Phi) is 7.20. The van der Waals surface area contributed by atoms with E-state index in [1.165, 1.54) is 0 Å². The molecule has 1 aromatic rings. The van der Waals surface area contributed by atoms with Crippen molar-refractivity contribution in [1.29, 1.82) is 0 Å². The number of aryl methyl sites for hydroxylation is 1. The fourth-order valence-electron chi connectivity index (χ4n) is 0.558. The minimum atomic E-state index is -0.123. The molecule has 0 amide bonds. The molecule has 0 saturated heterocycles. The zero-order chi connectivity index (χ0) is 10.1. The van der Waals surface area contributed by atoms with Crippen LogP contribution in [-0.2, 0) is 9.53 Å². The number of esters is 1. The highest BCUT2D eigenvalue weighted by atomic mass is 32.1. The van der Waals surface area contributed by atoms with Crippen LogP contribution >= 0.6 is 11.3 Å². The number of carbonyl (C=O) groups is 1. The number of rotatable bonds is 2. The summed E-state index contributed by atoms with van der Waals surface area (Å²) in [6, 6.07) is 0. The van der Waals surface area contributed by atoms with Gasteiger partial charge in [-0.1, -0.05) is 6.92 Å². The summed E-state index contributed by atoms with van der Waals surface area (Å²) in [7, 11) is 0. The first-order valence-corrected chi connectivity index (χ1v) is 5.10. The molecule has 0 N–H and O–H groups in total. The Morgan fingerprint density at radius 1 is 1.62 bits per heavy atom. The highest BCUT2D eigenvalue weighted by Gasteiger charge is 1.91. The zero-order valence-corrected chi connectivity index (χ0v) is 9.06. The van der Waals surface area contributed by atoms with Crippen LogP contribution in [0.25, 0.3) is 0 Å². The highest BCUT2D eigenvalue weighted by molar-refractivity contribution is 7.09. The van der Waals surface area contributed by atoms with Crippen molar-refractivity contribution in [3.05, 3.63) is 16.6 Å². The number of nitrogens with zero attached hydrogens (tertiary/aromatic N) is 1. The molecular weight excluding hydrogens is 186 g/mol. The Morgan fingerprint density at radius 2 is 2.31 bits per heavy atom. The lowest BCUT2D eigenvalue weighted by Gasteiger charge is -1.93. The van der Waals surface area contributed by atoms with Crippen molar-refractivity contribution in [1.82, 2.24) is 4.98 Å². The van der Waals surface area contributed by atoms with Gasteiger partial charge in [0.2, 0.25) is 0 Å². The van der Waals surface area contributed by atoms with Gasteiger partial charge in [0.1, 0.15) is 0 Å². The molecule has 0 saturated carbocycles. The van der Waals surface area contributed by atoms with E-state index in [4.69, 9.17) is 0 Å². The van der Waals surface area contributed by atoms with Crippen molar-refractivity contribution in [2.75, 3.05) is 6.61 Å². The quantitative estimate of drug-likeness (QED) is 0.690. The van der Waals surface area contributed by atoms with Crippen LogP contribution in [0.5, 0.6) is 0 Å². The normalized spacial score (nSPS) is 8.54. The number of ether oxygens (including phenoxy) is 1.